The summed E-state index contributed by atoms with van der Waals surface area (Å²) in [4.78, 5) is 0. The number of aromatic nitrogens is 4. The number of hydrogen-bond acceptors (Lipinski definition) is 2. The van der Waals surface area contributed by atoms with E-state index in [1.807, 2.05) is 29.9 Å². The Labute approximate surface area is 164 Å². The predicted octanol–water partition coefficient (Wildman–Crippen LogP) is 4.08. The minimum atomic E-state index is 0.394. The maximum atomic E-state index is 4.94. The highest BCUT2D eigenvalue weighted by Gasteiger charge is 2.27. The Hall–Kier alpha value is -3.58. The summed E-state index contributed by atoms with van der Waals surface area (Å²) in [6.45, 7) is 0. The Morgan fingerprint density at radius 3 is 2.71 bits per heavy atom. The molecule has 0 saturated carbocycles. The van der Waals surface area contributed by atoms with Gasteiger partial charge in [0.25, 0.3) is 0 Å². The van der Waals surface area contributed by atoms with Crippen molar-refractivity contribution >= 4 is 0 Å². The summed E-state index contributed by atoms with van der Waals surface area (Å²) >= 11 is 0. The summed E-state index contributed by atoms with van der Waals surface area (Å²) in [5.41, 5.74) is 6.81. The lowest BCUT2D eigenvalue weighted by atomic mass is 9.97. The van der Waals surface area contributed by atoms with Crippen molar-refractivity contribution in [1.29, 1.82) is 0 Å². The van der Waals surface area contributed by atoms with Gasteiger partial charge in [0.1, 0.15) is 5.69 Å². The maximum absolute atomic E-state index is 4.94. The molecular weight excluding hydrogens is 344 g/mol. The van der Waals surface area contributed by atoms with Crippen LogP contribution in [0.15, 0.2) is 73.1 Å². The van der Waals surface area contributed by atoms with Crippen LogP contribution in [0.3, 0.4) is 0 Å². The van der Waals surface area contributed by atoms with Crippen LogP contribution in [0.1, 0.15) is 40.4 Å². The van der Waals surface area contributed by atoms with Crippen LogP contribution in [-0.4, -0.2) is 19.6 Å². The van der Waals surface area contributed by atoms with Crippen molar-refractivity contribution in [2.75, 3.05) is 0 Å². The molecule has 1 atom stereocenters. The average Bonchev–Trinajstić information content (AvgIpc) is 3.43. The second-order valence-corrected chi connectivity index (χ2v) is 7.13. The summed E-state index contributed by atoms with van der Waals surface area (Å²) < 4.78 is 3.77. The van der Waals surface area contributed by atoms with Crippen molar-refractivity contribution in [3.8, 4) is 17.5 Å². The molecule has 0 bridgehead atoms. The Morgan fingerprint density at radius 1 is 1.00 bits per heavy atom. The van der Waals surface area contributed by atoms with Crippen LogP contribution < -0.4 is 0 Å². The van der Waals surface area contributed by atoms with Crippen LogP contribution in [0.5, 0.6) is 0 Å². The Balaban J connectivity index is 1.46. The zero-order valence-electron chi connectivity index (χ0n) is 15.7. The quantitative estimate of drug-likeness (QED) is 0.502. The van der Waals surface area contributed by atoms with Crippen molar-refractivity contribution in [2.24, 2.45) is 7.05 Å². The molecule has 1 aliphatic carbocycles. The van der Waals surface area contributed by atoms with Gasteiger partial charge in [-0.2, -0.15) is 10.2 Å². The summed E-state index contributed by atoms with van der Waals surface area (Å²) in [7, 11) is 1.90. The highest BCUT2D eigenvalue weighted by Crippen LogP contribution is 2.37. The van der Waals surface area contributed by atoms with Gasteiger partial charge in [0.15, 0.2) is 0 Å². The third-order valence-electron chi connectivity index (χ3n) is 5.32. The minimum Gasteiger partial charge on any atom is -0.260 e. The molecule has 0 N–H and O–H groups in total. The summed E-state index contributed by atoms with van der Waals surface area (Å²) in [5.74, 6) is 6.80. The molecule has 0 fully saturated rings. The van der Waals surface area contributed by atoms with Crippen LogP contribution in [0, 0.1) is 11.8 Å². The molecule has 0 amide bonds. The smallest absolute Gasteiger partial charge is 0.111 e. The molecule has 2 aromatic carbocycles. The van der Waals surface area contributed by atoms with Gasteiger partial charge in [-0.3, -0.25) is 4.68 Å². The first-order valence-electron chi connectivity index (χ1n) is 9.52. The molecule has 1 unspecified atom stereocenters. The van der Waals surface area contributed by atoms with Crippen molar-refractivity contribution in [1.82, 2.24) is 19.6 Å². The molecule has 4 aromatic rings. The van der Waals surface area contributed by atoms with E-state index >= 15 is 0 Å². The first kappa shape index (κ1) is 16.6. The van der Waals surface area contributed by atoms with E-state index < -0.39 is 0 Å². The highest BCUT2D eigenvalue weighted by molar-refractivity contribution is 5.47. The lowest BCUT2D eigenvalue weighted by Gasteiger charge is -2.10. The second kappa shape index (κ2) is 6.86. The standard InChI is InChI=1S/C24H20N4/c1-27-21(14-15-25-27)12-10-18-6-5-9-22(16-18)28-17-20-11-13-23(24(20)26-28)19-7-3-2-4-8-19/h2-9,14-17,23H,11,13H2,1H3. The third-order valence-corrected chi connectivity index (χ3v) is 5.32. The van der Waals surface area contributed by atoms with Gasteiger partial charge >= 0.3 is 0 Å². The summed E-state index contributed by atoms with van der Waals surface area (Å²) in [6, 6.07) is 20.8. The normalized spacial score (nSPS) is 15.1. The largest absolute Gasteiger partial charge is 0.260 e. The van der Waals surface area contributed by atoms with Crippen LogP contribution in [0.25, 0.3) is 5.69 Å². The Kier molecular flexibility index (Phi) is 4.06. The second-order valence-electron chi connectivity index (χ2n) is 7.13. The van der Waals surface area contributed by atoms with E-state index in [-0.39, 0.29) is 0 Å². The fourth-order valence-corrected chi connectivity index (χ4v) is 3.85. The topological polar surface area (TPSA) is 35.6 Å². The van der Waals surface area contributed by atoms with Gasteiger partial charge in [-0.15, -0.1) is 0 Å². The summed E-state index contributed by atoms with van der Waals surface area (Å²) in [5, 5.41) is 9.09. The zero-order valence-corrected chi connectivity index (χ0v) is 15.7. The molecule has 2 aromatic heterocycles. The minimum absolute atomic E-state index is 0.394. The monoisotopic (exact) mass is 364 g/mol. The number of aryl methyl sites for hydroxylation is 2. The lowest BCUT2D eigenvalue weighted by Crippen LogP contribution is -2.01. The molecule has 4 nitrogen and oxygen atoms in total. The number of hydrogen-bond donors (Lipinski definition) is 0. The predicted molar refractivity (Wildman–Crippen MR) is 109 cm³/mol. The van der Waals surface area contributed by atoms with Gasteiger partial charge in [-0.05, 0) is 54.2 Å². The molecule has 0 saturated heterocycles. The molecule has 28 heavy (non-hydrogen) atoms. The Morgan fingerprint density at radius 2 is 1.89 bits per heavy atom. The van der Waals surface area contributed by atoms with Crippen molar-refractivity contribution in [2.45, 2.75) is 18.8 Å². The zero-order chi connectivity index (χ0) is 18.9. The molecule has 0 radical (unpaired) electrons. The van der Waals surface area contributed by atoms with Gasteiger partial charge in [0, 0.05) is 24.7 Å². The van der Waals surface area contributed by atoms with Crippen molar-refractivity contribution in [3.05, 3.63) is 101 Å². The van der Waals surface area contributed by atoms with Crippen LogP contribution in [0.4, 0.5) is 0 Å². The number of benzene rings is 2. The van der Waals surface area contributed by atoms with E-state index in [1.54, 1.807) is 10.9 Å². The van der Waals surface area contributed by atoms with Gasteiger partial charge in [0.2, 0.25) is 0 Å². The fourth-order valence-electron chi connectivity index (χ4n) is 3.85. The molecule has 5 rings (SSSR count). The molecular formula is C24H20N4. The van der Waals surface area contributed by atoms with E-state index in [4.69, 9.17) is 5.10 Å². The van der Waals surface area contributed by atoms with Gasteiger partial charge < -0.3 is 0 Å². The molecule has 0 aliphatic heterocycles. The number of rotatable bonds is 2. The average molecular weight is 364 g/mol. The first-order valence-corrected chi connectivity index (χ1v) is 9.52. The van der Waals surface area contributed by atoms with E-state index in [9.17, 15) is 0 Å². The fraction of sp³-hybridized carbons (Fsp3) is 0.167. The van der Waals surface area contributed by atoms with Crippen molar-refractivity contribution in [3.63, 3.8) is 0 Å². The lowest BCUT2D eigenvalue weighted by molar-refractivity contribution is 0.726. The van der Waals surface area contributed by atoms with Crippen LogP contribution in [0.2, 0.25) is 0 Å². The first-order chi connectivity index (χ1) is 13.8. The Bertz CT molecular complexity index is 1190. The third kappa shape index (κ3) is 3.01. The van der Waals surface area contributed by atoms with Gasteiger partial charge in [-0.1, -0.05) is 42.3 Å². The molecule has 4 heteroatoms. The van der Waals surface area contributed by atoms with E-state index in [0.29, 0.717) is 5.92 Å². The number of nitrogens with zero attached hydrogens (tertiary/aromatic N) is 4. The van der Waals surface area contributed by atoms with Gasteiger partial charge in [0.05, 0.1) is 17.6 Å². The van der Waals surface area contributed by atoms with Crippen LogP contribution >= 0.6 is 0 Å². The molecule has 0 spiro atoms. The molecule has 136 valence electrons. The maximum Gasteiger partial charge on any atom is 0.111 e. The van der Waals surface area contributed by atoms with Crippen molar-refractivity contribution < 1.29 is 0 Å². The summed E-state index contributed by atoms with van der Waals surface area (Å²) in [6.07, 6.45) is 6.15. The molecule has 1 aliphatic rings. The SMILES string of the molecule is Cn1nccc1C#Cc1cccc(-n2cc3c(n2)C(c2ccccc2)CC3)c1. The van der Waals surface area contributed by atoms with Gasteiger partial charge in [-0.25, -0.2) is 4.68 Å². The van der Waals surface area contributed by atoms with E-state index in [1.165, 1.54) is 16.8 Å². The number of fused-ring (bicyclic) bond motifs is 1. The van der Waals surface area contributed by atoms with E-state index in [0.717, 1.165) is 29.8 Å². The highest BCUT2D eigenvalue weighted by atomic mass is 15.3. The molecule has 2 heterocycles. The van der Waals surface area contributed by atoms with Crippen LogP contribution in [-0.2, 0) is 13.5 Å². The van der Waals surface area contributed by atoms with E-state index in [2.05, 4.69) is 65.6 Å².